The molecule has 2 rings (SSSR count). The SMILES string of the molecule is CCCCC(C)Nc1nc2c(s1)CCC2C(=O)O. The van der Waals surface area contributed by atoms with E-state index in [1.807, 2.05) is 0 Å². The molecule has 100 valence electrons. The third kappa shape index (κ3) is 2.83. The number of aromatic nitrogens is 1. The summed E-state index contributed by atoms with van der Waals surface area (Å²) in [7, 11) is 0. The van der Waals surface area contributed by atoms with E-state index in [9.17, 15) is 4.79 Å². The van der Waals surface area contributed by atoms with Gasteiger partial charge in [-0.2, -0.15) is 0 Å². The number of anilines is 1. The van der Waals surface area contributed by atoms with Crippen molar-refractivity contribution < 1.29 is 9.90 Å². The molecular weight excluding hydrogens is 248 g/mol. The highest BCUT2D eigenvalue weighted by molar-refractivity contribution is 7.15. The van der Waals surface area contributed by atoms with Crippen LogP contribution in [0.1, 0.15) is 56.0 Å². The van der Waals surface area contributed by atoms with Crippen molar-refractivity contribution in [2.45, 2.75) is 57.9 Å². The number of hydrogen-bond acceptors (Lipinski definition) is 4. The first-order chi connectivity index (χ1) is 8.61. The van der Waals surface area contributed by atoms with Crippen molar-refractivity contribution in [3.63, 3.8) is 0 Å². The first kappa shape index (κ1) is 13.3. The lowest BCUT2D eigenvalue weighted by Gasteiger charge is -2.12. The molecule has 0 fully saturated rings. The third-order valence-corrected chi connectivity index (χ3v) is 4.44. The van der Waals surface area contributed by atoms with Crippen molar-refractivity contribution in [2.24, 2.45) is 0 Å². The molecule has 0 saturated heterocycles. The van der Waals surface area contributed by atoms with Gasteiger partial charge in [0.25, 0.3) is 0 Å². The van der Waals surface area contributed by atoms with Crippen LogP contribution in [0.4, 0.5) is 5.13 Å². The van der Waals surface area contributed by atoms with Crippen LogP contribution in [0.15, 0.2) is 0 Å². The van der Waals surface area contributed by atoms with Crippen LogP contribution < -0.4 is 5.32 Å². The summed E-state index contributed by atoms with van der Waals surface area (Å²) in [5, 5.41) is 13.4. The number of carboxylic acid groups (broad SMARTS) is 1. The molecule has 2 unspecified atom stereocenters. The molecule has 18 heavy (non-hydrogen) atoms. The summed E-state index contributed by atoms with van der Waals surface area (Å²) in [6.07, 6.45) is 5.09. The summed E-state index contributed by atoms with van der Waals surface area (Å²) in [5.74, 6) is -1.14. The van der Waals surface area contributed by atoms with E-state index < -0.39 is 11.9 Å². The largest absolute Gasteiger partial charge is 0.481 e. The molecule has 0 saturated carbocycles. The van der Waals surface area contributed by atoms with E-state index in [4.69, 9.17) is 5.11 Å². The highest BCUT2D eigenvalue weighted by atomic mass is 32.1. The van der Waals surface area contributed by atoms with Crippen molar-refractivity contribution >= 4 is 22.4 Å². The Morgan fingerprint density at radius 1 is 1.67 bits per heavy atom. The van der Waals surface area contributed by atoms with Crippen molar-refractivity contribution in [3.8, 4) is 0 Å². The number of nitrogens with zero attached hydrogens (tertiary/aromatic N) is 1. The number of fused-ring (bicyclic) bond motifs is 1. The van der Waals surface area contributed by atoms with Gasteiger partial charge in [0.05, 0.1) is 5.69 Å². The standard InChI is InChI=1S/C13H20N2O2S/c1-3-4-5-8(2)14-13-15-11-9(12(16)17)6-7-10(11)18-13/h8-9H,3-7H2,1-2H3,(H,14,15)(H,16,17). The number of rotatable bonds is 6. The second kappa shape index (κ2) is 5.69. The zero-order valence-electron chi connectivity index (χ0n) is 10.9. The first-order valence-electron chi connectivity index (χ1n) is 6.60. The van der Waals surface area contributed by atoms with Gasteiger partial charge >= 0.3 is 5.97 Å². The van der Waals surface area contributed by atoms with Gasteiger partial charge in [-0.1, -0.05) is 19.8 Å². The van der Waals surface area contributed by atoms with Gasteiger partial charge < -0.3 is 10.4 Å². The molecule has 1 aromatic rings. The van der Waals surface area contributed by atoms with Crippen LogP contribution >= 0.6 is 11.3 Å². The van der Waals surface area contributed by atoms with Gasteiger partial charge in [-0.3, -0.25) is 4.79 Å². The Morgan fingerprint density at radius 3 is 3.11 bits per heavy atom. The second-order valence-electron chi connectivity index (χ2n) is 4.94. The van der Waals surface area contributed by atoms with Crippen molar-refractivity contribution in [1.29, 1.82) is 0 Å². The van der Waals surface area contributed by atoms with E-state index in [0.29, 0.717) is 12.5 Å². The van der Waals surface area contributed by atoms with Crippen LogP contribution in [0, 0.1) is 0 Å². The van der Waals surface area contributed by atoms with Gasteiger partial charge in [0.2, 0.25) is 0 Å². The van der Waals surface area contributed by atoms with E-state index >= 15 is 0 Å². The number of thiazole rings is 1. The summed E-state index contributed by atoms with van der Waals surface area (Å²) in [6.45, 7) is 4.33. The van der Waals surface area contributed by atoms with Gasteiger partial charge in [-0.25, -0.2) is 4.98 Å². The van der Waals surface area contributed by atoms with Crippen LogP contribution in [-0.4, -0.2) is 22.1 Å². The average Bonchev–Trinajstić information content (AvgIpc) is 2.84. The molecule has 1 aliphatic carbocycles. The van der Waals surface area contributed by atoms with Gasteiger partial charge in [0.1, 0.15) is 5.92 Å². The number of nitrogens with one attached hydrogen (secondary N) is 1. The number of aliphatic carboxylic acids is 1. The van der Waals surface area contributed by atoms with Crippen LogP contribution in [-0.2, 0) is 11.2 Å². The van der Waals surface area contributed by atoms with E-state index in [1.165, 1.54) is 12.8 Å². The average molecular weight is 268 g/mol. The quantitative estimate of drug-likeness (QED) is 0.831. The summed E-state index contributed by atoms with van der Waals surface area (Å²) in [4.78, 5) is 16.7. The summed E-state index contributed by atoms with van der Waals surface area (Å²) in [6, 6.07) is 0.402. The van der Waals surface area contributed by atoms with E-state index in [-0.39, 0.29) is 0 Å². The fraction of sp³-hybridized carbons (Fsp3) is 0.692. The summed E-state index contributed by atoms with van der Waals surface area (Å²) < 4.78 is 0. The molecule has 0 amide bonds. The Bertz CT molecular complexity index is 431. The number of aryl methyl sites for hydroxylation is 1. The van der Waals surface area contributed by atoms with Gasteiger partial charge in [-0.15, -0.1) is 11.3 Å². The maximum absolute atomic E-state index is 11.1. The number of unbranched alkanes of at least 4 members (excludes halogenated alkanes) is 1. The maximum atomic E-state index is 11.1. The lowest BCUT2D eigenvalue weighted by molar-refractivity contribution is -0.138. The zero-order chi connectivity index (χ0) is 13.1. The fourth-order valence-electron chi connectivity index (χ4n) is 2.32. The number of carbonyl (C=O) groups is 1. The Balaban J connectivity index is 2.00. The minimum absolute atomic E-state index is 0.391. The molecule has 2 atom stereocenters. The Kier molecular flexibility index (Phi) is 4.22. The van der Waals surface area contributed by atoms with Crippen LogP contribution in [0.2, 0.25) is 0 Å². The van der Waals surface area contributed by atoms with E-state index in [1.54, 1.807) is 11.3 Å². The molecule has 4 nitrogen and oxygen atoms in total. The molecule has 0 aliphatic heterocycles. The molecule has 0 bridgehead atoms. The van der Waals surface area contributed by atoms with Crippen molar-refractivity contribution in [2.75, 3.05) is 5.32 Å². The topological polar surface area (TPSA) is 62.2 Å². The first-order valence-corrected chi connectivity index (χ1v) is 7.42. The molecule has 0 spiro atoms. The van der Waals surface area contributed by atoms with Crippen molar-refractivity contribution in [3.05, 3.63) is 10.6 Å². The molecule has 0 radical (unpaired) electrons. The Morgan fingerprint density at radius 2 is 2.44 bits per heavy atom. The fourth-order valence-corrected chi connectivity index (χ4v) is 3.47. The van der Waals surface area contributed by atoms with Crippen LogP contribution in [0.5, 0.6) is 0 Å². The maximum Gasteiger partial charge on any atom is 0.312 e. The minimum Gasteiger partial charge on any atom is -0.481 e. The molecular formula is C13H20N2O2S. The Labute approximate surface area is 111 Å². The lowest BCUT2D eigenvalue weighted by Crippen LogP contribution is -2.15. The van der Waals surface area contributed by atoms with Gasteiger partial charge in [-0.05, 0) is 26.2 Å². The molecule has 1 heterocycles. The normalized spacial score (nSPS) is 19.6. The third-order valence-electron chi connectivity index (χ3n) is 3.38. The lowest BCUT2D eigenvalue weighted by atomic mass is 10.1. The van der Waals surface area contributed by atoms with Gasteiger partial charge in [0.15, 0.2) is 5.13 Å². The highest BCUT2D eigenvalue weighted by Crippen LogP contribution is 2.38. The highest BCUT2D eigenvalue weighted by Gasteiger charge is 2.32. The molecule has 0 aromatic carbocycles. The van der Waals surface area contributed by atoms with Crippen molar-refractivity contribution in [1.82, 2.24) is 4.98 Å². The molecule has 5 heteroatoms. The summed E-state index contributed by atoms with van der Waals surface area (Å²) in [5.41, 5.74) is 0.790. The monoisotopic (exact) mass is 268 g/mol. The van der Waals surface area contributed by atoms with Gasteiger partial charge in [0, 0.05) is 10.9 Å². The predicted molar refractivity (Wildman–Crippen MR) is 73.4 cm³/mol. The smallest absolute Gasteiger partial charge is 0.312 e. The van der Waals surface area contributed by atoms with E-state index in [2.05, 4.69) is 24.1 Å². The predicted octanol–water partition coefficient (Wildman–Crippen LogP) is 3.25. The second-order valence-corrected chi connectivity index (χ2v) is 6.03. The zero-order valence-corrected chi connectivity index (χ0v) is 11.7. The minimum atomic E-state index is -0.746. The Hall–Kier alpha value is -1.10. The van der Waals surface area contributed by atoms with Crippen LogP contribution in [0.25, 0.3) is 0 Å². The van der Waals surface area contributed by atoms with Crippen LogP contribution in [0.3, 0.4) is 0 Å². The molecule has 1 aliphatic rings. The molecule has 2 N–H and O–H groups in total. The summed E-state index contributed by atoms with van der Waals surface area (Å²) >= 11 is 1.62. The number of hydrogen-bond donors (Lipinski definition) is 2. The molecule has 1 aromatic heterocycles. The van der Waals surface area contributed by atoms with E-state index in [0.717, 1.165) is 28.5 Å². The number of carboxylic acids is 1.